The van der Waals surface area contributed by atoms with E-state index in [2.05, 4.69) is 38.4 Å². The number of fused-ring (bicyclic) bond motifs is 1. The predicted octanol–water partition coefficient (Wildman–Crippen LogP) is 2.27. The summed E-state index contributed by atoms with van der Waals surface area (Å²) in [5.41, 5.74) is 5.01. The van der Waals surface area contributed by atoms with Gasteiger partial charge in [0.25, 0.3) is 0 Å². The molecular formula is C22H19N9. The van der Waals surface area contributed by atoms with Gasteiger partial charge in [-0.05, 0) is 18.2 Å². The maximum Gasteiger partial charge on any atom is 0.179 e. The van der Waals surface area contributed by atoms with Crippen molar-refractivity contribution < 1.29 is 0 Å². The molecule has 0 spiro atoms. The Balaban J connectivity index is 1.55. The van der Waals surface area contributed by atoms with Gasteiger partial charge in [-0.25, -0.2) is 9.50 Å². The molecule has 0 bridgehead atoms. The average molecular weight is 409 g/mol. The third kappa shape index (κ3) is 3.32. The molecule has 1 fully saturated rings. The van der Waals surface area contributed by atoms with Crippen molar-refractivity contribution in [1.29, 1.82) is 10.5 Å². The molecule has 5 rings (SSSR count). The summed E-state index contributed by atoms with van der Waals surface area (Å²) in [6.45, 7) is 2.94. The lowest BCUT2D eigenvalue weighted by Gasteiger charge is -2.32. The quantitative estimate of drug-likeness (QED) is 0.478. The van der Waals surface area contributed by atoms with Gasteiger partial charge < -0.3 is 9.80 Å². The van der Waals surface area contributed by atoms with E-state index in [0.717, 1.165) is 46.7 Å². The first-order valence-electron chi connectivity index (χ1n) is 9.93. The second-order valence-electron chi connectivity index (χ2n) is 7.49. The van der Waals surface area contributed by atoms with Crippen LogP contribution in [0, 0.1) is 22.8 Å². The van der Waals surface area contributed by atoms with Crippen LogP contribution < -0.4 is 4.90 Å². The summed E-state index contributed by atoms with van der Waals surface area (Å²) in [6.07, 6.45) is 11.3. The average Bonchev–Trinajstić information content (AvgIpc) is 3.44. The molecule has 0 atom stereocenters. The molecule has 1 saturated heterocycles. The van der Waals surface area contributed by atoms with E-state index < -0.39 is 0 Å². The zero-order valence-electron chi connectivity index (χ0n) is 17.0. The van der Waals surface area contributed by atoms with Crippen molar-refractivity contribution in [3.05, 3.63) is 54.7 Å². The summed E-state index contributed by atoms with van der Waals surface area (Å²) < 4.78 is 3.50. The first-order chi connectivity index (χ1) is 15.2. The minimum absolute atomic E-state index is 0.518. The van der Waals surface area contributed by atoms with Gasteiger partial charge in [-0.2, -0.15) is 20.7 Å². The van der Waals surface area contributed by atoms with Gasteiger partial charge in [0, 0.05) is 74.1 Å². The fraction of sp³-hybridized carbons (Fsp3) is 0.227. The van der Waals surface area contributed by atoms with E-state index in [-0.39, 0.29) is 0 Å². The van der Waals surface area contributed by atoms with Crippen LogP contribution in [0.4, 0.5) is 5.82 Å². The number of rotatable bonds is 3. The molecule has 5 heterocycles. The van der Waals surface area contributed by atoms with E-state index >= 15 is 0 Å². The molecule has 0 aliphatic carbocycles. The number of anilines is 1. The fourth-order valence-electron chi connectivity index (χ4n) is 3.92. The number of piperazine rings is 1. The van der Waals surface area contributed by atoms with E-state index in [1.165, 1.54) is 0 Å². The van der Waals surface area contributed by atoms with Gasteiger partial charge in [0.15, 0.2) is 6.19 Å². The fourth-order valence-corrected chi connectivity index (χ4v) is 3.92. The minimum Gasteiger partial charge on any atom is -0.353 e. The second kappa shape index (κ2) is 7.47. The van der Waals surface area contributed by atoms with Crippen LogP contribution in [-0.2, 0) is 7.05 Å². The van der Waals surface area contributed by atoms with Crippen molar-refractivity contribution in [2.75, 3.05) is 31.1 Å². The first-order valence-corrected chi connectivity index (χ1v) is 9.93. The Hall–Kier alpha value is -4.37. The Morgan fingerprint density at radius 2 is 1.74 bits per heavy atom. The topological polar surface area (TPSA) is 102 Å². The molecule has 1 aliphatic rings. The van der Waals surface area contributed by atoms with Gasteiger partial charge in [0.05, 0.1) is 23.5 Å². The summed E-state index contributed by atoms with van der Waals surface area (Å²) in [5.74, 6) is 0.884. The van der Waals surface area contributed by atoms with Crippen molar-refractivity contribution in [2.45, 2.75) is 0 Å². The highest BCUT2D eigenvalue weighted by molar-refractivity contribution is 5.87. The van der Waals surface area contributed by atoms with Gasteiger partial charge in [0.1, 0.15) is 11.9 Å². The number of hydrogen-bond acceptors (Lipinski definition) is 7. The monoisotopic (exact) mass is 409 g/mol. The Morgan fingerprint density at radius 1 is 0.903 bits per heavy atom. The molecular weight excluding hydrogens is 390 g/mol. The Kier molecular flexibility index (Phi) is 4.49. The van der Waals surface area contributed by atoms with Crippen LogP contribution in [0.15, 0.2) is 49.2 Å². The first kappa shape index (κ1) is 18.6. The van der Waals surface area contributed by atoms with Crippen LogP contribution >= 0.6 is 0 Å². The molecule has 0 unspecified atom stereocenters. The summed E-state index contributed by atoms with van der Waals surface area (Å²) in [6, 6.07) is 8.31. The van der Waals surface area contributed by atoms with Crippen molar-refractivity contribution in [2.24, 2.45) is 7.05 Å². The molecule has 9 nitrogen and oxygen atoms in total. The Labute approximate surface area is 179 Å². The highest BCUT2D eigenvalue weighted by atomic mass is 15.3. The number of nitrogens with zero attached hydrogens (tertiary/aromatic N) is 9. The molecule has 9 heteroatoms. The summed E-state index contributed by atoms with van der Waals surface area (Å²) in [5, 5.41) is 27.3. The van der Waals surface area contributed by atoms with E-state index in [4.69, 9.17) is 5.26 Å². The smallest absolute Gasteiger partial charge is 0.179 e. The molecule has 31 heavy (non-hydrogen) atoms. The van der Waals surface area contributed by atoms with Crippen molar-refractivity contribution in [3.63, 3.8) is 0 Å². The number of hydrogen-bond donors (Lipinski definition) is 0. The maximum atomic E-state index is 9.58. The lowest BCUT2D eigenvalue weighted by atomic mass is 10.0. The molecule has 0 amide bonds. The highest BCUT2D eigenvalue weighted by Crippen LogP contribution is 2.32. The van der Waals surface area contributed by atoms with E-state index in [0.29, 0.717) is 18.7 Å². The van der Waals surface area contributed by atoms with E-state index in [1.54, 1.807) is 20.3 Å². The predicted molar refractivity (Wildman–Crippen MR) is 115 cm³/mol. The number of aromatic nitrogens is 5. The summed E-state index contributed by atoms with van der Waals surface area (Å²) in [4.78, 5) is 8.62. The van der Waals surface area contributed by atoms with Crippen LogP contribution in [-0.4, -0.2) is 55.5 Å². The van der Waals surface area contributed by atoms with Crippen LogP contribution in [0.2, 0.25) is 0 Å². The summed E-state index contributed by atoms with van der Waals surface area (Å²) >= 11 is 0. The van der Waals surface area contributed by atoms with E-state index in [1.807, 2.05) is 44.0 Å². The number of nitriles is 2. The molecule has 152 valence electrons. The SMILES string of the molecule is Cn1cc(-c2cc(-c3ccc(N4CCN(C#N)CC4)nc3)c3c(C#N)cnn3c2)cn1. The van der Waals surface area contributed by atoms with Crippen LogP contribution in [0.25, 0.3) is 27.8 Å². The molecule has 4 aromatic heterocycles. The van der Waals surface area contributed by atoms with Gasteiger partial charge in [-0.3, -0.25) is 4.68 Å². The van der Waals surface area contributed by atoms with Crippen LogP contribution in [0.1, 0.15) is 5.56 Å². The largest absolute Gasteiger partial charge is 0.353 e. The molecule has 0 saturated carbocycles. The number of aryl methyl sites for hydroxylation is 1. The molecule has 0 aromatic carbocycles. The number of pyridine rings is 2. The van der Waals surface area contributed by atoms with Crippen molar-refractivity contribution >= 4 is 11.3 Å². The second-order valence-corrected chi connectivity index (χ2v) is 7.49. The zero-order valence-corrected chi connectivity index (χ0v) is 17.0. The Bertz CT molecular complexity index is 1330. The maximum absolute atomic E-state index is 9.58. The Morgan fingerprint density at radius 3 is 2.39 bits per heavy atom. The summed E-state index contributed by atoms with van der Waals surface area (Å²) in [7, 11) is 1.88. The van der Waals surface area contributed by atoms with Crippen molar-refractivity contribution in [1.82, 2.24) is 29.3 Å². The van der Waals surface area contributed by atoms with Gasteiger partial charge >= 0.3 is 0 Å². The lowest BCUT2D eigenvalue weighted by Crippen LogP contribution is -2.44. The van der Waals surface area contributed by atoms with Crippen LogP contribution in [0.5, 0.6) is 0 Å². The minimum atomic E-state index is 0.518. The highest BCUT2D eigenvalue weighted by Gasteiger charge is 2.18. The van der Waals surface area contributed by atoms with E-state index in [9.17, 15) is 5.26 Å². The third-order valence-corrected chi connectivity index (χ3v) is 5.57. The lowest BCUT2D eigenvalue weighted by molar-refractivity contribution is 0.362. The van der Waals surface area contributed by atoms with Gasteiger partial charge in [0.2, 0.25) is 0 Å². The molecule has 1 aliphatic heterocycles. The molecule has 4 aromatic rings. The standard InChI is InChI=1S/C22H19N9/c1-28-13-19(12-26-28)17-8-20(22-18(9-23)11-27-31(22)14-17)16-2-3-21(25-10-16)30-6-4-29(15-24)5-7-30/h2-3,8,10-14H,4-7H2,1H3. The molecule has 0 radical (unpaired) electrons. The van der Waals surface area contributed by atoms with Crippen molar-refractivity contribution in [3.8, 4) is 34.5 Å². The zero-order chi connectivity index (χ0) is 21.4. The normalized spacial score (nSPS) is 13.9. The molecule has 0 N–H and O–H groups in total. The van der Waals surface area contributed by atoms with Gasteiger partial charge in [-0.1, -0.05) is 0 Å². The third-order valence-electron chi connectivity index (χ3n) is 5.57. The van der Waals surface area contributed by atoms with Crippen LogP contribution in [0.3, 0.4) is 0 Å². The van der Waals surface area contributed by atoms with Gasteiger partial charge in [-0.15, -0.1) is 0 Å².